The molecule has 1 atom stereocenters. The summed E-state index contributed by atoms with van der Waals surface area (Å²) in [5.41, 5.74) is 0. The van der Waals surface area contributed by atoms with Gasteiger partial charge in [0.1, 0.15) is 5.78 Å². The van der Waals surface area contributed by atoms with Gasteiger partial charge < -0.3 is 4.79 Å². The SMILES string of the molecule is C.CC(C)=O.COS(C)=O. The number of Topliss-reactive ketones (excluding diaryl/α,β-unsaturated/α-hetero) is 1. The van der Waals surface area contributed by atoms with E-state index in [9.17, 15) is 9.00 Å². The molecule has 0 amide bonds. The molecule has 0 heterocycles. The molecule has 0 aliphatic heterocycles. The predicted molar refractivity (Wildman–Crippen MR) is 44.2 cm³/mol. The van der Waals surface area contributed by atoms with Gasteiger partial charge in [-0.2, -0.15) is 0 Å². The molecule has 0 radical (unpaired) electrons. The summed E-state index contributed by atoms with van der Waals surface area (Å²) in [5.74, 6) is 0.167. The summed E-state index contributed by atoms with van der Waals surface area (Å²) in [6, 6.07) is 0. The van der Waals surface area contributed by atoms with Gasteiger partial charge in [0.05, 0.1) is 7.11 Å². The van der Waals surface area contributed by atoms with Crippen LogP contribution in [0, 0.1) is 0 Å². The van der Waals surface area contributed by atoms with Gasteiger partial charge in [0.2, 0.25) is 0 Å². The van der Waals surface area contributed by atoms with Crippen molar-refractivity contribution >= 4 is 16.9 Å². The van der Waals surface area contributed by atoms with Crippen molar-refractivity contribution in [2.24, 2.45) is 0 Å². The van der Waals surface area contributed by atoms with E-state index in [1.807, 2.05) is 0 Å². The fourth-order valence-corrected chi connectivity index (χ4v) is 0. The number of hydrogen-bond acceptors (Lipinski definition) is 3. The average molecular weight is 168 g/mol. The van der Waals surface area contributed by atoms with Crippen LogP contribution in [0.5, 0.6) is 0 Å². The van der Waals surface area contributed by atoms with Crippen LogP contribution in [0.15, 0.2) is 0 Å². The lowest BCUT2D eigenvalue weighted by atomic mass is 10.6. The molecule has 0 aliphatic rings. The van der Waals surface area contributed by atoms with E-state index in [0.29, 0.717) is 0 Å². The quantitative estimate of drug-likeness (QED) is 0.590. The normalized spacial score (nSPS) is 10.0. The van der Waals surface area contributed by atoms with Crippen LogP contribution >= 0.6 is 0 Å². The zero-order valence-corrected chi connectivity index (χ0v) is 6.95. The Kier molecular flexibility index (Phi) is 19.0. The maximum Gasteiger partial charge on any atom is 0.151 e. The second-order valence-corrected chi connectivity index (χ2v) is 2.61. The first-order chi connectivity index (χ1) is 4.00. The molecule has 0 saturated heterocycles. The average Bonchev–Trinajstić information content (AvgIpc) is 1.65. The van der Waals surface area contributed by atoms with Crippen molar-refractivity contribution in [2.75, 3.05) is 13.4 Å². The molecule has 0 aliphatic carbocycles. The van der Waals surface area contributed by atoms with Gasteiger partial charge in [-0.05, 0) is 13.8 Å². The van der Waals surface area contributed by atoms with Gasteiger partial charge in [0.25, 0.3) is 0 Å². The highest BCUT2D eigenvalue weighted by atomic mass is 32.2. The van der Waals surface area contributed by atoms with Crippen molar-refractivity contribution < 1.29 is 13.2 Å². The van der Waals surface area contributed by atoms with Crippen LogP contribution in [-0.2, 0) is 20.1 Å². The predicted octanol–water partition coefficient (Wildman–Crippen LogP) is 1.16. The van der Waals surface area contributed by atoms with Gasteiger partial charge in [-0.1, -0.05) is 7.43 Å². The highest BCUT2D eigenvalue weighted by Gasteiger charge is 1.72. The molecule has 0 spiro atoms. The maximum absolute atomic E-state index is 9.70. The van der Waals surface area contributed by atoms with Gasteiger partial charge in [0.15, 0.2) is 11.1 Å². The van der Waals surface area contributed by atoms with Crippen LogP contribution in [0.1, 0.15) is 21.3 Å². The Hall–Kier alpha value is -0.220. The van der Waals surface area contributed by atoms with E-state index < -0.39 is 11.1 Å². The Labute approximate surface area is 65.4 Å². The second-order valence-electron chi connectivity index (χ2n) is 1.48. The molecular formula is C6H16O3S. The van der Waals surface area contributed by atoms with E-state index in [0.717, 1.165) is 0 Å². The van der Waals surface area contributed by atoms with Gasteiger partial charge in [-0.15, -0.1) is 0 Å². The fraction of sp³-hybridized carbons (Fsp3) is 0.833. The minimum atomic E-state index is -1.07. The van der Waals surface area contributed by atoms with Crippen molar-refractivity contribution in [1.29, 1.82) is 0 Å². The Bertz CT molecular complexity index is 97.2. The Morgan fingerprint density at radius 1 is 1.40 bits per heavy atom. The fourth-order valence-electron chi connectivity index (χ4n) is 0. The number of carbonyl (C=O) groups is 1. The number of rotatable bonds is 1. The van der Waals surface area contributed by atoms with Gasteiger partial charge in [0, 0.05) is 6.26 Å². The van der Waals surface area contributed by atoms with Crippen LogP contribution in [0.2, 0.25) is 0 Å². The summed E-state index contributed by atoms with van der Waals surface area (Å²) in [6.07, 6.45) is 1.47. The topological polar surface area (TPSA) is 43.4 Å². The summed E-state index contributed by atoms with van der Waals surface area (Å²) in [6.45, 7) is 3.06. The minimum absolute atomic E-state index is 0. The molecule has 0 aromatic carbocycles. The Morgan fingerprint density at radius 2 is 1.50 bits per heavy atom. The van der Waals surface area contributed by atoms with Gasteiger partial charge >= 0.3 is 0 Å². The Morgan fingerprint density at radius 3 is 1.50 bits per heavy atom. The highest BCUT2D eigenvalue weighted by molar-refractivity contribution is 7.79. The first-order valence-corrected chi connectivity index (χ1v) is 3.84. The van der Waals surface area contributed by atoms with E-state index in [4.69, 9.17) is 0 Å². The smallest absolute Gasteiger partial charge is 0.151 e. The van der Waals surface area contributed by atoms with Crippen LogP contribution in [0.25, 0.3) is 0 Å². The molecule has 64 valence electrons. The van der Waals surface area contributed by atoms with Crippen LogP contribution in [-0.4, -0.2) is 23.4 Å². The number of ketones is 1. The van der Waals surface area contributed by atoms with E-state index in [2.05, 4.69) is 4.18 Å². The number of hydrogen-bond donors (Lipinski definition) is 0. The molecule has 0 N–H and O–H groups in total. The molecule has 0 bridgehead atoms. The molecule has 10 heavy (non-hydrogen) atoms. The molecule has 3 nitrogen and oxygen atoms in total. The van der Waals surface area contributed by atoms with Crippen LogP contribution in [0.4, 0.5) is 0 Å². The standard InChI is InChI=1S/C3H6O.C2H6O2S.CH4/c1-3(2)4;1-4-5(2)3;/h1-2H3;1-2H3;1H4. The Balaban J connectivity index is -0.0000000910. The maximum atomic E-state index is 9.70. The lowest BCUT2D eigenvalue weighted by molar-refractivity contribution is -0.114. The summed E-state index contributed by atoms with van der Waals surface area (Å²) in [4.78, 5) is 9.44. The number of carbonyl (C=O) groups excluding carboxylic acids is 1. The van der Waals surface area contributed by atoms with E-state index in [1.54, 1.807) is 0 Å². The summed E-state index contributed by atoms with van der Waals surface area (Å²) >= 11 is -1.07. The zero-order chi connectivity index (χ0) is 7.86. The molecule has 0 fully saturated rings. The van der Waals surface area contributed by atoms with Gasteiger partial charge in [-0.25, -0.2) is 4.21 Å². The largest absolute Gasteiger partial charge is 0.300 e. The summed E-state index contributed by atoms with van der Waals surface area (Å²) < 4.78 is 13.9. The third-order valence-electron chi connectivity index (χ3n) is 0.235. The van der Waals surface area contributed by atoms with E-state index in [1.165, 1.54) is 27.2 Å². The lowest BCUT2D eigenvalue weighted by Crippen LogP contribution is -1.83. The zero-order valence-electron chi connectivity index (χ0n) is 6.13. The molecule has 1 unspecified atom stereocenters. The van der Waals surface area contributed by atoms with Crippen molar-refractivity contribution in [1.82, 2.24) is 0 Å². The third-order valence-corrected chi connectivity index (χ3v) is 0.704. The molecule has 0 saturated carbocycles. The van der Waals surface area contributed by atoms with E-state index >= 15 is 0 Å². The van der Waals surface area contributed by atoms with Crippen molar-refractivity contribution in [2.45, 2.75) is 21.3 Å². The first kappa shape index (κ1) is 16.4. The van der Waals surface area contributed by atoms with Crippen molar-refractivity contribution in [3.63, 3.8) is 0 Å². The van der Waals surface area contributed by atoms with E-state index in [-0.39, 0.29) is 13.2 Å². The first-order valence-electron chi connectivity index (χ1n) is 2.35. The third kappa shape index (κ3) is 113. The van der Waals surface area contributed by atoms with Crippen molar-refractivity contribution in [3.8, 4) is 0 Å². The van der Waals surface area contributed by atoms with Crippen molar-refractivity contribution in [3.05, 3.63) is 0 Å². The molecular weight excluding hydrogens is 152 g/mol. The minimum Gasteiger partial charge on any atom is -0.300 e. The summed E-state index contributed by atoms with van der Waals surface area (Å²) in [7, 11) is 1.40. The monoisotopic (exact) mass is 168 g/mol. The van der Waals surface area contributed by atoms with Gasteiger partial charge in [-0.3, -0.25) is 4.18 Å². The second kappa shape index (κ2) is 11.6. The summed E-state index contributed by atoms with van der Waals surface area (Å²) in [5, 5.41) is 0. The van der Waals surface area contributed by atoms with Crippen LogP contribution < -0.4 is 0 Å². The highest BCUT2D eigenvalue weighted by Crippen LogP contribution is 1.65. The molecule has 0 rings (SSSR count). The molecule has 0 aromatic heterocycles. The molecule has 0 aromatic rings. The van der Waals surface area contributed by atoms with Crippen LogP contribution in [0.3, 0.4) is 0 Å². The lowest BCUT2D eigenvalue weighted by Gasteiger charge is -1.78. The molecule has 4 heteroatoms.